The van der Waals surface area contributed by atoms with Crippen molar-refractivity contribution in [1.82, 2.24) is 14.3 Å². The van der Waals surface area contributed by atoms with Crippen LogP contribution in [0.1, 0.15) is 22.3 Å². The second kappa shape index (κ2) is 8.94. The van der Waals surface area contributed by atoms with Crippen molar-refractivity contribution >= 4 is 0 Å². The molecule has 0 atom stereocenters. The van der Waals surface area contributed by atoms with Crippen LogP contribution in [0.5, 0.6) is 0 Å². The second-order valence-corrected chi connectivity index (χ2v) is 7.47. The van der Waals surface area contributed by atoms with Crippen molar-refractivity contribution in [1.29, 1.82) is 5.26 Å². The molecule has 34 heavy (non-hydrogen) atoms. The SMILES string of the molecule is N#Cc1c(C(F)(F)F)cc(-c2cnn(Cc3ccccc3)c2)n(Cc2ccc(F)cc2F)c1=O. The number of alkyl halides is 3. The third kappa shape index (κ3) is 4.59. The molecule has 10 heteroatoms. The highest BCUT2D eigenvalue weighted by atomic mass is 19.4. The first-order chi connectivity index (χ1) is 16.2. The maximum absolute atomic E-state index is 14.3. The van der Waals surface area contributed by atoms with Gasteiger partial charge in [0, 0.05) is 23.4 Å². The molecular formula is C24H15F5N4O. The Morgan fingerprint density at radius 2 is 1.74 bits per heavy atom. The van der Waals surface area contributed by atoms with E-state index in [-0.39, 0.29) is 16.8 Å². The van der Waals surface area contributed by atoms with Gasteiger partial charge in [-0.3, -0.25) is 9.48 Å². The fraction of sp³-hybridized carbons (Fsp3) is 0.125. The zero-order valence-electron chi connectivity index (χ0n) is 17.4. The summed E-state index contributed by atoms with van der Waals surface area (Å²) in [6.07, 6.45) is -2.24. The van der Waals surface area contributed by atoms with Crippen molar-refractivity contribution in [2.75, 3.05) is 0 Å². The Labute approximate surface area is 189 Å². The van der Waals surface area contributed by atoms with Crippen LogP contribution in [0.4, 0.5) is 22.0 Å². The standard InChI is InChI=1S/C24H15F5N4O/c25-18-7-6-16(21(26)8-18)14-33-22(9-20(24(27,28)29)19(10-30)23(33)34)17-11-31-32(13-17)12-15-4-2-1-3-5-15/h1-9,11,13H,12,14H2. The molecule has 2 heterocycles. The average Bonchev–Trinajstić information content (AvgIpc) is 3.24. The molecule has 2 aromatic heterocycles. The predicted octanol–water partition coefficient (Wildman–Crippen LogP) is 4.98. The first-order valence-corrected chi connectivity index (χ1v) is 9.93. The Morgan fingerprint density at radius 3 is 2.38 bits per heavy atom. The molecule has 0 radical (unpaired) electrons. The molecule has 0 fully saturated rings. The van der Waals surface area contributed by atoms with E-state index in [1.807, 2.05) is 30.3 Å². The number of halogens is 5. The first-order valence-electron chi connectivity index (χ1n) is 9.93. The van der Waals surface area contributed by atoms with Gasteiger partial charge in [0.1, 0.15) is 23.3 Å². The number of aromatic nitrogens is 3. The molecule has 172 valence electrons. The zero-order valence-corrected chi connectivity index (χ0v) is 17.4. The van der Waals surface area contributed by atoms with Crippen LogP contribution in [0.2, 0.25) is 0 Å². The Morgan fingerprint density at radius 1 is 1.00 bits per heavy atom. The van der Waals surface area contributed by atoms with Gasteiger partial charge in [-0.15, -0.1) is 0 Å². The molecule has 4 aromatic rings. The molecule has 0 unspecified atom stereocenters. The van der Waals surface area contributed by atoms with Crippen molar-refractivity contribution < 1.29 is 22.0 Å². The van der Waals surface area contributed by atoms with E-state index in [1.54, 1.807) is 0 Å². The van der Waals surface area contributed by atoms with Gasteiger partial charge in [-0.2, -0.15) is 23.5 Å². The number of pyridine rings is 1. The third-order valence-electron chi connectivity index (χ3n) is 5.18. The van der Waals surface area contributed by atoms with Crippen molar-refractivity contribution in [3.05, 3.63) is 111 Å². The second-order valence-electron chi connectivity index (χ2n) is 7.47. The van der Waals surface area contributed by atoms with Crippen LogP contribution in [0.25, 0.3) is 11.3 Å². The molecule has 0 saturated carbocycles. The van der Waals surface area contributed by atoms with Crippen molar-refractivity contribution in [3.63, 3.8) is 0 Å². The smallest absolute Gasteiger partial charge is 0.302 e. The van der Waals surface area contributed by atoms with Gasteiger partial charge >= 0.3 is 6.18 Å². The van der Waals surface area contributed by atoms with E-state index in [4.69, 9.17) is 0 Å². The van der Waals surface area contributed by atoms with Gasteiger partial charge in [-0.25, -0.2) is 8.78 Å². The van der Waals surface area contributed by atoms with Crippen molar-refractivity contribution in [3.8, 4) is 17.3 Å². The molecule has 2 aromatic carbocycles. The van der Waals surface area contributed by atoms with Gasteiger partial charge in [0.15, 0.2) is 0 Å². The quantitative estimate of drug-likeness (QED) is 0.387. The van der Waals surface area contributed by atoms with E-state index >= 15 is 0 Å². The molecule has 0 spiro atoms. The lowest BCUT2D eigenvalue weighted by Gasteiger charge is -2.17. The monoisotopic (exact) mass is 470 g/mol. The van der Waals surface area contributed by atoms with E-state index < -0.39 is 41.0 Å². The van der Waals surface area contributed by atoms with Crippen LogP contribution >= 0.6 is 0 Å². The van der Waals surface area contributed by atoms with E-state index in [1.165, 1.54) is 23.1 Å². The summed E-state index contributed by atoms with van der Waals surface area (Å²) in [7, 11) is 0. The topological polar surface area (TPSA) is 63.6 Å². The highest BCUT2D eigenvalue weighted by Crippen LogP contribution is 2.33. The fourth-order valence-corrected chi connectivity index (χ4v) is 3.55. The highest BCUT2D eigenvalue weighted by Gasteiger charge is 2.36. The third-order valence-corrected chi connectivity index (χ3v) is 5.18. The molecule has 5 nitrogen and oxygen atoms in total. The highest BCUT2D eigenvalue weighted by molar-refractivity contribution is 5.61. The van der Waals surface area contributed by atoms with Crippen LogP contribution in [-0.4, -0.2) is 14.3 Å². The van der Waals surface area contributed by atoms with E-state index in [0.29, 0.717) is 18.7 Å². The first kappa shape index (κ1) is 22.9. The summed E-state index contributed by atoms with van der Waals surface area (Å²) in [5.41, 5.74) is -3.06. The Balaban J connectivity index is 1.87. The molecular weight excluding hydrogens is 455 g/mol. The minimum atomic E-state index is -4.97. The van der Waals surface area contributed by atoms with E-state index in [9.17, 15) is 32.0 Å². The molecule has 0 bridgehead atoms. The van der Waals surface area contributed by atoms with Gasteiger partial charge in [0.2, 0.25) is 0 Å². The minimum absolute atomic E-state index is 0.134. The summed E-state index contributed by atoms with van der Waals surface area (Å²) >= 11 is 0. The summed E-state index contributed by atoms with van der Waals surface area (Å²) in [5, 5.41) is 13.4. The Kier molecular flexibility index (Phi) is 6.03. The average molecular weight is 470 g/mol. The molecule has 0 aliphatic rings. The lowest BCUT2D eigenvalue weighted by molar-refractivity contribution is -0.137. The summed E-state index contributed by atoms with van der Waals surface area (Å²) in [4.78, 5) is 13.0. The van der Waals surface area contributed by atoms with Gasteiger partial charge in [0.05, 0.1) is 30.5 Å². The van der Waals surface area contributed by atoms with Gasteiger partial charge < -0.3 is 4.57 Å². The zero-order chi connectivity index (χ0) is 24.5. The molecule has 0 saturated heterocycles. The molecule has 0 N–H and O–H groups in total. The summed E-state index contributed by atoms with van der Waals surface area (Å²) in [5.74, 6) is -1.82. The molecule has 0 amide bonds. The maximum atomic E-state index is 14.3. The fourth-order valence-electron chi connectivity index (χ4n) is 3.55. The molecule has 0 aliphatic heterocycles. The summed E-state index contributed by atoms with van der Waals surface area (Å²) < 4.78 is 70.9. The van der Waals surface area contributed by atoms with Crippen molar-refractivity contribution in [2.45, 2.75) is 19.3 Å². The summed E-state index contributed by atoms with van der Waals surface area (Å²) in [6, 6.07) is 13.8. The number of rotatable bonds is 5. The van der Waals surface area contributed by atoms with Crippen LogP contribution in [0.3, 0.4) is 0 Å². The van der Waals surface area contributed by atoms with Gasteiger partial charge in [-0.05, 0) is 17.7 Å². The molecule has 4 rings (SSSR count). The van der Waals surface area contributed by atoms with Crippen LogP contribution < -0.4 is 5.56 Å². The lowest BCUT2D eigenvalue weighted by Crippen LogP contribution is -2.29. The van der Waals surface area contributed by atoms with Crippen LogP contribution in [0, 0.1) is 23.0 Å². The van der Waals surface area contributed by atoms with Crippen LogP contribution in [0.15, 0.2) is 71.8 Å². The van der Waals surface area contributed by atoms with Gasteiger partial charge in [0.25, 0.3) is 5.56 Å². The summed E-state index contributed by atoms with van der Waals surface area (Å²) in [6.45, 7) is -0.197. The Hall–Kier alpha value is -4.26. The minimum Gasteiger partial charge on any atom is -0.302 e. The van der Waals surface area contributed by atoms with Gasteiger partial charge in [-0.1, -0.05) is 36.4 Å². The largest absolute Gasteiger partial charge is 0.417 e. The van der Waals surface area contributed by atoms with E-state index in [0.717, 1.165) is 22.3 Å². The normalized spacial score (nSPS) is 11.4. The van der Waals surface area contributed by atoms with E-state index in [2.05, 4.69) is 5.10 Å². The number of hydrogen-bond acceptors (Lipinski definition) is 3. The number of nitrogens with zero attached hydrogens (tertiary/aromatic N) is 4. The predicted molar refractivity (Wildman–Crippen MR) is 113 cm³/mol. The Bertz CT molecular complexity index is 1450. The van der Waals surface area contributed by atoms with Crippen molar-refractivity contribution in [2.24, 2.45) is 0 Å². The number of benzene rings is 2. The lowest BCUT2D eigenvalue weighted by atomic mass is 10.1. The van der Waals surface area contributed by atoms with Crippen LogP contribution in [-0.2, 0) is 19.3 Å². The maximum Gasteiger partial charge on any atom is 0.417 e. The molecule has 0 aliphatic carbocycles. The number of nitriles is 1. The number of hydrogen-bond donors (Lipinski definition) is 0.